The largest absolute Gasteiger partial charge is 0.378 e. The van der Waals surface area contributed by atoms with Crippen molar-refractivity contribution < 1.29 is 4.92 Å². The predicted octanol–water partition coefficient (Wildman–Crippen LogP) is 2.95. The number of rotatable bonds is 8. The second-order valence-corrected chi connectivity index (χ2v) is 8.23. The van der Waals surface area contributed by atoms with Crippen LogP contribution in [-0.2, 0) is 13.0 Å². The summed E-state index contributed by atoms with van der Waals surface area (Å²) in [4.78, 5) is 21.7. The van der Waals surface area contributed by atoms with Crippen molar-refractivity contribution in [2.24, 2.45) is 17.6 Å². The van der Waals surface area contributed by atoms with Gasteiger partial charge in [-0.15, -0.1) is 0 Å². The molecule has 0 spiro atoms. The van der Waals surface area contributed by atoms with Gasteiger partial charge in [0.2, 0.25) is 11.8 Å². The van der Waals surface area contributed by atoms with E-state index in [9.17, 15) is 10.1 Å². The predicted molar refractivity (Wildman–Crippen MR) is 119 cm³/mol. The van der Waals surface area contributed by atoms with Crippen LogP contribution in [0.25, 0.3) is 0 Å². The minimum atomic E-state index is -0.472. The monoisotopic (exact) mass is 413 g/mol. The van der Waals surface area contributed by atoms with E-state index in [2.05, 4.69) is 15.3 Å². The third kappa shape index (κ3) is 5.35. The number of aromatic nitrogens is 2. The molecule has 5 N–H and O–H groups in total. The molecule has 1 aliphatic carbocycles. The quantitative estimate of drug-likeness (QED) is 0.444. The van der Waals surface area contributed by atoms with Crippen LogP contribution < -0.4 is 21.7 Å². The van der Waals surface area contributed by atoms with Gasteiger partial charge in [-0.2, -0.15) is 4.98 Å². The van der Waals surface area contributed by atoms with Crippen LogP contribution in [-0.4, -0.2) is 35.5 Å². The second kappa shape index (κ2) is 9.71. The van der Waals surface area contributed by atoms with E-state index in [1.165, 1.54) is 0 Å². The zero-order valence-electron chi connectivity index (χ0n) is 17.7. The molecule has 1 fully saturated rings. The van der Waals surface area contributed by atoms with Crippen molar-refractivity contribution in [1.82, 2.24) is 9.97 Å². The lowest BCUT2D eigenvalue weighted by molar-refractivity contribution is -0.385. The summed E-state index contributed by atoms with van der Waals surface area (Å²) in [6, 6.07) is 8.11. The number of nitrogens with zero attached hydrogens (tertiary/aromatic N) is 4. The van der Waals surface area contributed by atoms with Gasteiger partial charge in [0.15, 0.2) is 0 Å². The van der Waals surface area contributed by atoms with Gasteiger partial charge in [-0.25, -0.2) is 4.98 Å². The van der Waals surface area contributed by atoms with Crippen molar-refractivity contribution in [1.29, 1.82) is 0 Å². The average molecular weight is 414 g/mol. The molecule has 1 aliphatic rings. The van der Waals surface area contributed by atoms with Crippen LogP contribution in [0.3, 0.4) is 0 Å². The first-order valence-electron chi connectivity index (χ1n) is 10.4. The number of benzene rings is 1. The molecule has 0 amide bonds. The molecular formula is C21H31N7O2. The van der Waals surface area contributed by atoms with Crippen LogP contribution in [0.2, 0.25) is 0 Å². The molecule has 2 aromatic rings. The number of hydrogen-bond acceptors (Lipinski definition) is 8. The molecule has 1 aromatic heterocycles. The minimum Gasteiger partial charge on any atom is -0.378 e. The molecule has 30 heavy (non-hydrogen) atoms. The molecule has 0 bridgehead atoms. The van der Waals surface area contributed by atoms with Gasteiger partial charge in [-0.05, 0) is 68.2 Å². The van der Waals surface area contributed by atoms with Gasteiger partial charge in [0.1, 0.15) is 5.69 Å². The molecule has 1 aromatic carbocycles. The van der Waals surface area contributed by atoms with E-state index in [0.29, 0.717) is 43.0 Å². The Morgan fingerprint density at radius 1 is 1.13 bits per heavy atom. The fourth-order valence-electron chi connectivity index (χ4n) is 3.98. The zero-order valence-corrected chi connectivity index (χ0v) is 17.7. The van der Waals surface area contributed by atoms with E-state index in [1.54, 1.807) is 0 Å². The van der Waals surface area contributed by atoms with Crippen LogP contribution >= 0.6 is 0 Å². The van der Waals surface area contributed by atoms with E-state index in [1.807, 2.05) is 43.3 Å². The van der Waals surface area contributed by atoms with E-state index in [4.69, 9.17) is 11.5 Å². The van der Waals surface area contributed by atoms with Crippen LogP contribution in [0.15, 0.2) is 24.3 Å². The summed E-state index contributed by atoms with van der Waals surface area (Å²) in [5.41, 5.74) is 14.1. The van der Waals surface area contributed by atoms with Gasteiger partial charge in [0, 0.05) is 26.3 Å². The minimum absolute atomic E-state index is 0.0916. The summed E-state index contributed by atoms with van der Waals surface area (Å²) >= 11 is 0. The fraction of sp³-hybridized carbons (Fsp3) is 0.524. The van der Waals surface area contributed by atoms with E-state index in [0.717, 1.165) is 36.9 Å². The van der Waals surface area contributed by atoms with E-state index < -0.39 is 4.92 Å². The van der Waals surface area contributed by atoms with E-state index >= 15 is 0 Å². The van der Waals surface area contributed by atoms with Gasteiger partial charge in [-0.3, -0.25) is 10.1 Å². The van der Waals surface area contributed by atoms with Gasteiger partial charge < -0.3 is 21.7 Å². The highest BCUT2D eigenvalue weighted by atomic mass is 16.6. The van der Waals surface area contributed by atoms with Crippen LogP contribution in [0.5, 0.6) is 0 Å². The van der Waals surface area contributed by atoms with Gasteiger partial charge >= 0.3 is 5.69 Å². The first-order valence-corrected chi connectivity index (χ1v) is 10.4. The Labute approximate surface area is 177 Å². The Bertz CT molecular complexity index is 862. The van der Waals surface area contributed by atoms with Crippen molar-refractivity contribution in [3.05, 3.63) is 45.6 Å². The molecule has 9 nitrogen and oxygen atoms in total. The molecular weight excluding hydrogens is 382 g/mol. The van der Waals surface area contributed by atoms with Crippen molar-refractivity contribution in [3.8, 4) is 0 Å². The summed E-state index contributed by atoms with van der Waals surface area (Å²) in [5.74, 6) is 1.14. The lowest BCUT2D eigenvalue weighted by Crippen LogP contribution is -2.23. The maximum atomic E-state index is 11.6. The summed E-state index contributed by atoms with van der Waals surface area (Å²) in [5, 5.41) is 14.7. The van der Waals surface area contributed by atoms with E-state index in [-0.39, 0.29) is 11.5 Å². The lowest BCUT2D eigenvalue weighted by Gasteiger charge is -2.27. The van der Waals surface area contributed by atoms with Crippen LogP contribution in [0.1, 0.15) is 36.9 Å². The Balaban J connectivity index is 1.73. The standard InChI is InChI=1S/C21H31N7O2/c1-27(2)17-9-7-16(8-10-17)13-24-21-25-18(19(28(29)30)20(23)26-21)11-14-3-5-15(12-22)6-4-14/h7-10,14-15H,3-6,11-13,22H2,1-2H3,(H3,23,24,25,26). The first kappa shape index (κ1) is 21.8. The zero-order chi connectivity index (χ0) is 21.7. The normalized spacial score (nSPS) is 18.8. The number of nitro groups is 1. The fourth-order valence-corrected chi connectivity index (χ4v) is 3.98. The smallest absolute Gasteiger partial charge is 0.332 e. The Morgan fingerprint density at radius 3 is 2.33 bits per heavy atom. The van der Waals surface area contributed by atoms with Crippen LogP contribution in [0, 0.1) is 22.0 Å². The van der Waals surface area contributed by atoms with Gasteiger partial charge in [-0.1, -0.05) is 12.1 Å². The molecule has 1 saturated carbocycles. The van der Waals surface area contributed by atoms with Crippen LogP contribution in [0.4, 0.5) is 23.1 Å². The van der Waals surface area contributed by atoms with Crippen molar-refractivity contribution in [2.75, 3.05) is 36.6 Å². The average Bonchev–Trinajstić information content (AvgIpc) is 2.72. The molecule has 162 valence electrons. The maximum absolute atomic E-state index is 11.6. The molecule has 0 atom stereocenters. The van der Waals surface area contributed by atoms with Crippen molar-refractivity contribution in [2.45, 2.75) is 38.6 Å². The summed E-state index contributed by atoms with van der Waals surface area (Å²) < 4.78 is 0. The highest BCUT2D eigenvalue weighted by Gasteiger charge is 2.27. The SMILES string of the molecule is CN(C)c1ccc(CNc2nc(N)c([N+](=O)[O-])c(CC3CCC(CN)CC3)n2)cc1. The number of nitrogens with two attached hydrogens (primary N) is 2. The number of nitrogen functional groups attached to an aromatic ring is 1. The molecule has 9 heteroatoms. The number of nitrogens with one attached hydrogen (secondary N) is 1. The van der Waals surface area contributed by atoms with Crippen molar-refractivity contribution >= 4 is 23.1 Å². The first-order chi connectivity index (χ1) is 14.4. The molecule has 0 unspecified atom stereocenters. The summed E-state index contributed by atoms with van der Waals surface area (Å²) in [6.07, 6.45) is 4.66. The third-order valence-corrected chi connectivity index (χ3v) is 5.85. The van der Waals surface area contributed by atoms with Gasteiger partial charge in [0.05, 0.1) is 4.92 Å². The molecule has 0 aliphatic heterocycles. The third-order valence-electron chi connectivity index (χ3n) is 5.85. The highest BCUT2D eigenvalue weighted by molar-refractivity contribution is 5.58. The maximum Gasteiger partial charge on any atom is 0.332 e. The highest BCUT2D eigenvalue weighted by Crippen LogP contribution is 2.34. The summed E-state index contributed by atoms with van der Waals surface area (Å²) in [7, 11) is 3.98. The van der Waals surface area contributed by atoms with Crippen molar-refractivity contribution in [3.63, 3.8) is 0 Å². The lowest BCUT2D eigenvalue weighted by atomic mass is 9.80. The second-order valence-electron chi connectivity index (χ2n) is 8.23. The van der Waals surface area contributed by atoms with Gasteiger partial charge in [0.25, 0.3) is 0 Å². The number of anilines is 3. The Morgan fingerprint density at radius 2 is 1.77 bits per heavy atom. The molecule has 1 heterocycles. The molecule has 3 rings (SSSR count). The summed E-state index contributed by atoms with van der Waals surface area (Å²) in [6.45, 7) is 1.21. The Kier molecular flexibility index (Phi) is 7.04. The Hall–Kier alpha value is -2.94. The molecule has 0 saturated heterocycles. The molecule has 0 radical (unpaired) electrons. The number of hydrogen-bond donors (Lipinski definition) is 3. The topological polar surface area (TPSA) is 136 Å².